The van der Waals surface area contributed by atoms with Crippen molar-refractivity contribution in [2.75, 3.05) is 0 Å². The normalized spacial score (nSPS) is 7.75. The number of thiocarbonyl (C=S) groups is 1. The van der Waals surface area contributed by atoms with Gasteiger partial charge in [-0.15, -0.1) is 0 Å². The summed E-state index contributed by atoms with van der Waals surface area (Å²) in [6.45, 7) is 0. The lowest BCUT2D eigenvalue weighted by Crippen LogP contribution is -1.97. The zero-order valence-electron chi connectivity index (χ0n) is 3.46. The molecule has 0 aliphatic heterocycles. The van der Waals surface area contributed by atoms with Crippen molar-refractivity contribution < 1.29 is 14.6 Å². The first-order valence-electron chi connectivity index (χ1n) is 1.40. The average Bonchev–Trinajstić information content (AvgIpc) is 1.61. The molecule has 0 amide bonds. The van der Waals surface area contributed by atoms with Crippen LogP contribution in [0.5, 0.6) is 0 Å². The van der Waals surface area contributed by atoms with E-state index in [4.69, 9.17) is 0 Å². The van der Waals surface area contributed by atoms with Gasteiger partial charge < -0.3 is 0 Å². The summed E-state index contributed by atoms with van der Waals surface area (Å²) in [4.78, 5) is 17.3. The van der Waals surface area contributed by atoms with Crippen LogP contribution < -0.4 is 0 Å². The van der Waals surface area contributed by atoms with E-state index >= 15 is 0 Å². The highest BCUT2D eigenvalue weighted by Gasteiger charge is 1.96. The van der Waals surface area contributed by atoms with Crippen molar-refractivity contribution in [3.05, 3.63) is 0 Å². The van der Waals surface area contributed by atoms with Gasteiger partial charge in [0, 0.05) is 11.6 Å². The summed E-state index contributed by atoms with van der Waals surface area (Å²) in [5, 5.41) is 0. The summed E-state index contributed by atoms with van der Waals surface area (Å²) < 4.78 is -0.195. The zero-order chi connectivity index (χ0) is 6.57. The fraction of sp³-hybridized carbons (Fsp3) is 0. The lowest BCUT2D eigenvalue weighted by Gasteiger charge is -1.93. The van der Waals surface area contributed by atoms with Crippen LogP contribution in [0.3, 0.4) is 0 Å². The van der Waals surface area contributed by atoms with Gasteiger partial charge in [0.05, 0.1) is 0 Å². The van der Waals surface area contributed by atoms with Crippen molar-refractivity contribution >= 4 is 46.3 Å². The van der Waals surface area contributed by atoms with Crippen LogP contribution in [0.15, 0.2) is 0 Å². The van der Waals surface area contributed by atoms with Gasteiger partial charge in [-0.25, -0.2) is 9.68 Å². The van der Waals surface area contributed by atoms with E-state index in [1.165, 1.54) is 0 Å². The van der Waals surface area contributed by atoms with E-state index in [9.17, 15) is 4.79 Å². The third kappa shape index (κ3) is 6.00. The second-order valence-electron chi connectivity index (χ2n) is 0.670. The molecule has 0 saturated heterocycles. The molecule has 46 valence electrons. The van der Waals surface area contributed by atoms with Crippen LogP contribution in [-0.2, 0) is 9.78 Å². The number of carbonyl (C=O) groups excluding carboxylic acids is 1. The minimum atomic E-state index is -1.08. The van der Waals surface area contributed by atoms with Crippen molar-refractivity contribution in [2.24, 2.45) is 0 Å². The molecule has 0 bridgehead atoms. The number of hydrogen-bond acceptors (Lipinski definition) is 4. The molecule has 0 unspecified atom stereocenters. The minimum Gasteiger partial charge on any atom is -0.266 e. The van der Waals surface area contributed by atoms with Crippen molar-refractivity contribution in [1.82, 2.24) is 0 Å². The molecule has 0 radical (unpaired) electrons. The summed E-state index contributed by atoms with van der Waals surface area (Å²) in [5.74, 6) is 0. The van der Waals surface area contributed by atoms with Gasteiger partial charge in [-0.2, -0.15) is 0 Å². The second kappa shape index (κ2) is 3.94. The van der Waals surface area contributed by atoms with Crippen LogP contribution in [0.25, 0.3) is 0 Å². The van der Waals surface area contributed by atoms with Gasteiger partial charge in [0.15, 0.2) is 0 Å². The molecule has 0 rings (SSSR count). The molecular weight excluding hydrogens is 172 g/mol. The van der Waals surface area contributed by atoms with Gasteiger partial charge in [0.1, 0.15) is 0 Å². The van der Waals surface area contributed by atoms with Crippen LogP contribution in [-0.4, -0.2) is 9.81 Å². The SMILES string of the molecule is O=C(Cl)OOC(=S)S. The van der Waals surface area contributed by atoms with Gasteiger partial charge in [-0.05, 0) is 12.2 Å². The van der Waals surface area contributed by atoms with Gasteiger partial charge in [-0.1, -0.05) is 12.6 Å². The molecule has 0 spiro atoms. The summed E-state index contributed by atoms with van der Waals surface area (Å²) in [6, 6.07) is 0. The molecule has 0 N–H and O–H groups in total. The highest BCUT2D eigenvalue weighted by Crippen LogP contribution is 1.92. The number of carbonyl (C=O) groups is 1. The maximum atomic E-state index is 9.67. The molecule has 0 aliphatic carbocycles. The highest BCUT2D eigenvalue weighted by atomic mass is 35.5. The van der Waals surface area contributed by atoms with Crippen LogP contribution in [0.4, 0.5) is 4.79 Å². The Morgan fingerprint density at radius 2 is 2.12 bits per heavy atom. The molecule has 8 heavy (non-hydrogen) atoms. The average molecular weight is 173 g/mol. The standard InChI is InChI=1S/C2HClO3S2/c3-1(4)5-6-2(7)8/h(H,7,8). The first-order chi connectivity index (χ1) is 3.63. The van der Waals surface area contributed by atoms with Gasteiger partial charge in [-0.3, -0.25) is 4.89 Å². The molecule has 0 fully saturated rings. The van der Waals surface area contributed by atoms with Crippen LogP contribution in [0, 0.1) is 0 Å². The fourth-order valence-corrected chi connectivity index (χ4v) is 0.171. The van der Waals surface area contributed by atoms with E-state index in [-0.39, 0.29) is 4.38 Å². The van der Waals surface area contributed by atoms with Crippen molar-refractivity contribution in [2.45, 2.75) is 0 Å². The van der Waals surface area contributed by atoms with E-state index in [2.05, 4.69) is 46.2 Å². The monoisotopic (exact) mass is 172 g/mol. The van der Waals surface area contributed by atoms with E-state index in [1.807, 2.05) is 0 Å². The van der Waals surface area contributed by atoms with Crippen LogP contribution >= 0.6 is 36.4 Å². The zero-order valence-corrected chi connectivity index (χ0v) is 5.93. The Morgan fingerprint density at radius 3 is 2.25 bits per heavy atom. The topological polar surface area (TPSA) is 35.5 Å². The van der Waals surface area contributed by atoms with Gasteiger partial charge in [0.2, 0.25) is 0 Å². The fourth-order valence-electron chi connectivity index (χ4n) is 0.0684. The predicted octanol–water partition coefficient (Wildman–Crippen LogP) is 1.51. The molecule has 0 atom stereocenters. The smallest absolute Gasteiger partial charge is 0.266 e. The third-order valence-corrected chi connectivity index (χ3v) is 0.384. The highest BCUT2D eigenvalue weighted by molar-refractivity contribution is 8.10. The molecule has 0 heterocycles. The number of hydrogen-bond donors (Lipinski definition) is 1. The molecule has 0 aromatic carbocycles. The van der Waals surface area contributed by atoms with E-state index < -0.39 is 5.43 Å². The largest absolute Gasteiger partial charge is 0.448 e. The van der Waals surface area contributed by atoms with Crippen LogP contribution in [0.1, 0.15) is 0 Å². The Labute approximate surface area is 61.2 Å². The molecule has 0 aliphatic rings. The first kappa shape index (κ1) is 8.00. The molecule has 0 saturated carbocycles. The second-order valence-corrected chi connectivity index (χ2v) is 2.06. The summed E-state index contributed by atoms with van der Waals surface area (Å²) in [5.41, 5.74) is -1.08. The Bertz CT molecular complexity index is 99.9. The molecule has 3 nitrogen and oxygen atoms in total. The Kier molecular flexibility index (Phi) is 3.94. The Morgan fingerprint density at radius 1 is 1.62 bits per heavy atom. The molecule has 0 aromatic heterocycles. The predicted molar refractivity (Wildman–Crippen MR) is 35.0 cm³/mol. The third-order valence-electron chi connectivity index (χ3n) is 0.178. The summed E-state index contributed by atoms with van der Waals surface area (Å²) in [7, 11) is 0. The lowest BCUT2D eigenvalue weighted by molar-refractivity contribution is -0.140. The van der Waals surface area contributed by atoms with Crippen LogP contribution in [0.2, 0.25) is 0 Å². The Balaban J connectivity index is 3.18. The maximum Gasteiger partial charge on any atom is 0.448 e. The van der Waals surface area contributed by atoms with Gasteiger partial charge >= 0.3 is 5.43 Å². The van der Waals surface area contributed by atoms with Crippen molar-refractivity contribution in [1.29, 1.82) is 0 Å². The number of halogens is 1. The maximum absolute atomic E-state index is 9.67. The summed E-state index contributed by atoms with van der Waals surface area (Å²) >= 11 is 12.3. The van der Waals surface area contributed by atoms with E-state index in [0.29, 0.717) is 0 Å². The minimum absolute atomic E-state index is 0.195. The molecular formula is C2HClO3S2. The number of thiol groups is 1. The lowest BCUT2D eigenvalue weighted by atomic mass is 11.6. The van der Waals surface area contributed by atoms with Crippen molar-refractivity contribution in [3.8, 4) is 0 Å². The molecule has 6 heteroatoms. The summed E-state index contributed by atoms with van der Waals surface area (Å²) in [6.07, 6.45) is 0. The first-order valence-corrected chi connectivity index (χ1v) is 2.63. The Hall–Kier alpha value is -0.000000000000000111. The van der Waals surface area contributed by atoms with E-state index in [0.717, 1.165) is 0 Å². The quantitative estimate of drug-likeness (QED) is 0.198. The van der Waals surface area contributed by atoms with Crippen molar-refractivity contribution in [3.63, 3.8) is 0 Å². The van der Waals surface area contributed by atoms with Gasteiger partial charge in [0.25, 0.3) is 4.38 Å². The number of rotatable bonds is 0. The molecule has 0 aromatic rings. The van der Waals surface area contributed by atoms with E-state index in [1.54, 1.807) is 0 Å².